The molecular weight excluding hydrogens is 382 g/mol. The molecule has 2 aromatic rings. The van der Waals surface area contributed by atoms with Gasteiger partial charge in [0.25, 0.3) is 5.91 Å². The van der Waals surface area contributed by atoms with Gasteiger partial charge in [-0.05, 0) is 18.1 Å². The molecule has 7 heteroatoms. The fourth-order valence-electron chi connectivity index (χ4n) is 4.09. The van der Waals surface area contributed by atoms with E-state index in [0.29, 0.717) is 35.7 Å². The smallest absolute Gasteiger partial charge is 0.322 e. The lowest BCUT2D eigenvalue weighted by Gasteiger charge is -2.31. The number of amides is 3. The molecule has 156 valence electrons. The van der Waals surface area contributed by atoms with Crippen molar-refractivity contribution in [1.29, 1.82) is 0 Å². The Hall–Kier alpha value is -3.48. The number of nitrogens with one attached hydrogen (secondary N) is 1. The summed E-state index contributed by atoms with van der Waals surface area (Å²) < 4.78 is 11.0. The summed E-state index contributed by atoms with van der Waals surface area (Å²) in [6.07, 6.45) is 0.755. The van der Waals surface area contributed by atoms with Crippen LogP contribution in [0.4, 0.5) is 4.79 Å². The summed E-state index contributed by atoms with van der Waals surface area (Å²) in [7, 11) is 4.80. The van der Waals surface area contributed by atoms with Crippen molar-refractivity contribution in [2.75, 3.05) is 34.4 Å². The Balaban J connectivity index is 1.66. The summed E-state index contributed by atoms with van der Waals surface area (Å²) in [5.41, 5.74) is 3.18. The quantitative estimate of drug-likeness (QED) is 0.799. The molecule has 7 nitrogen and oxygen atoms in total. The molecule has 0 radical (unpaired) electrons. The van der Waals surface area contributed by atoms with Crippen molar-refractivity contribution in [3.8, 4) is 11.5 Å². The van der Waals surface area contributed by atoms with E-state index in [1.807, 2.05) is 30.3 Å². The van der Waals surface area contributed by atoms with Crippen molar-refractivity contribution in [2.45, 2.75) is 12.5 Å². The first-order valence-electron chi connectivity index (χ1n) is 9.86. The molecule has 0 spiro atoms. The van der Waals surface area contributed by atoms with Gasteiger partial charge in [-0.15, -0.1) is 0 Å². The molecule has 30 heavy (non-hydrogen) atoms. The number of benzene rings is 2. The van der Waals surface area contributed by atoms with Gasteiger partial charge < -0.3 is 19.7 Å². The van der Waals surface area contributed by atoms with Crippen molar-refractivity contribution >= 4 is 11.9 Å². The second kappa shape index (κ2) is 8.10. The number of para-hydroxylation sites is 1. The first kappa shape index (κ1) is 19.8. The average molecular weight is 407 g/mol. The molecule has 3 amide bonds. The summed E-state index contributed by atoms with van der Waals surface area (Å²) in [6, 6.07) is 14.7. The minimum absolute atomic E-state index is 0.0670. The Kier molecular flexibility index (Phi) is 5.35. The number of hydrogen-bond donors (Lipinski definition) is 1. The monoisotopic (exact) mass is 407 g/mol. The Labute approximate surface area is 175 Å². The van der Waals surface area contributed by atoms with Crippen molar-refractivity contribution in [1.82, 2.24) is 15.1 Å². The van der Waals surface area contributed by atoms with Gasteiger partial charge in [0.1, 0.15) is 0 Å². The predicted molar refractivity (Wildman–Crippen MR) is 112 cm³/mol. The van der Waals surface area contributed by atoms with Crippen LogP contribution in [0.2, 0.25) is 0 Å². The van der Waals surface area contributed by atoms with E-state index in [0.717, 1.165) is 12.1 Å². The van der Waals surface area contributed by atoms with Gasteiger partial charge >= 0.3 is 6.03 Å². The van der Waals surface area contributed by atoms with E-state index in [-0.39, 0.29) is 11.9 Å². The van der Waals surface area contributed by atoms with Crippen molar-refractivity contribution in [3.63, 3.8) is 0 Å². The molecular formula is C23H25N3O4. The van der Waals surface area contributed by atoms with Gasteiger partial charge in [-0.1, -0.05) is 42.5 Å². The van der Waals surface area contributed by atoms with Gasteiger partial charge in [0.2, 0.25) is 0 Å². The van der Waals surface area contributed by atoms with E-state index >= 15 is 0 Å². The van der Waals surface area contributed by atoms with Gasteiger partial charge in [0, 0.05) is 19.2 Å². The van der Waals surface area contributed by atoms with Gasteiger partial charge in [0.05, 0.1) is 38.1 Å². The largest absolute Gasteiger partial charge is 0.493 e. The van der Waals surface area contributed by atoms with Crippen LogP contribution in [0.3, 0.4) is 0 Å². The molecule has 0 fully saturated rings. The fraction of sp³-hybridized carbons (Fsp3) is 0.304. The maximum absolute atomic E-state index is 13.4. The van der Waals surface area contributed by atoms with Crippen molar-refractivity contribution in [3.05, 3.63) is 70.9 Å². The van der Waals surface area contributed by atoms with Gasteiger partial charge in [-0.25, -0.2) is 4.79 Å². The van der Waals surface area contributed by atoms with Gasteiger partial charge in [0.15, 0.2) is 11.5 Å². The van der Waals surface area contributed by atoms with Crippen molar-refractivity contribution < 1.29 is 19.1 Å². The van der Waals surface area contributed by atoms with E-state index in [9.17, 15) is 9.59 Å². The first-order valence-corrected chi connectivity index (χ1v) is 9.86. The number of nitrogens with zero attached hydrogens (tertiary/aromatic N) is 2. The number of likely N-dealkylation sites (N-methyl/N-ethyl adjacent to an activating group) is 1. The van der Waals surface area contributed by atoms with Crippen LogP contribution in [0.15, 0.2) is 59.8 Å². The number of hydrogen-bond acceptors (Lipinski definition) is 4. The molecule has 1 atom stereocenters. The molecule has 4 rings (SSSR count). The Bertz CT molecular complexity index is 1000. The van der Waals surface area contributed by atoms with Crippen LogP contribution in [0.1, 0.15) is 17.2 Å². The summed E-state index contributed by atoms with van der Waals surface area (Å²) in [4.78, 5) is 29.3. The first-order chi connectivity index (χ1) is 14.5. The highest BCUT2D eigenvalue weighted by Crippen LogP contribution is 2.42. The number of urea groups is 1. The molecule has 2 aromatic carbocycles. The highest BCUT2D eigenvalue weighted by Gasteiger charge is 2.43. The van der Waals surface area contributed by atoms with Gasteiger partial charge in [-0.3, -0.25) is 9.69 Å². The SMILES string of the molecule is COc1cccc([C@H]2NC(=O)N(C)C3=C2C(=O)N(CCc2ccccc2)C3)c1OC. The zero-order chi connectivity index (χ0) is 21.3. The fourth-order valence-corrected chi connectivity index (χ4v) is 4.09. The normalized spacial score (nSPS) is 18.4. The number of carbonyl (C=O) groups excluding carboxylic acids is 2. The Morgan fingerprint density at radius 1 is 1.03 bits per heavy atom. The number of carbonyl (C=O) groups is 2. The second-order valence-electron chi connectivity index (χ2n) is 7.35. The van der Waals surface area contributed by atoms with E-state index in [2.05, 4.69) is 17.4 Å². The van der Waals surface area contributed by atoms with E-state index in [1.165, 1.54) is 10.5 Å². The third-order valence-corrected chi connectivity index (χ3v) is 5.69. The van der Waals surface area contributed by atoms with Crippen LogP contribution >= 0.6 is 0 Å². The van der Waals surface area contributed by atoms with Crippen LogP contribution in [-0.2, 0) is 11.2 Å². The maximum Gasteiger partial charge on any atom is 0.322 e. The number of methoxy groups -OCH3 is 2. The minimum Gasteiger partial charge on any atom is -0.493 e. The van der Waals surface area contributed by atoms with Crippen LogP contribution in [0, 0.1) is 0 Å². The molecule has 2 aliphatic heterocycles. The molecule has 2 aliphatic rings. The molecule has 0 aliphatic carbocycles. The summed E-state index contributed by atoms with van der Waals surface area (Å²) >= 11 is 0. The van der Waals surface area contributed by atoms with Crippen LogP contribution < -0.4 is 14.8 Å². The van der Waals surface area contributed by atoms with Gasteiger partial charge in [-0.2, -0.15) is 0 Å². The topological polar surface area (TPSA) is 71.1 Å². The third-order valence-electron chi connectivity index (χ3n) is 5.69. The Morgan fingerprint density at radius 2 is 1.80 bits per heavy atom. The minimum atomic E-state index is -0.594. The van der Waals surface area contributed by atoms with E-state index < -0.39 is 6.04 Å². The number of rotatable bonds is 6. The molecule has 1 N–H and O–H groups in total. The summed E-state index contributed by atoms with van der Waals surface area (Å²) in [5.74, 6) is 0.997. The highest BCUT2D eigenvalue weighted by atomic mass is 16.5. The number of ether oxygens (including phenoxy) is 2. The van der Waals surface area contributed by atoms with Crippen LogP contribution in [0.25, 0.3) is 0 Å². The highest BCUT2D eigenvalue weighted by molar-refractivity contribution is 6.01. The second-order valence-corrected chi connectivity index (χ2v) is 7.35. The predicted octanol–water partition coefficient (Wildman–Crippen LogP) is 2.74. The summed E-state index contributed by atoms with van der Waals surface area (Å²) in [5, 5.41) is 2.95. The van der Waals surface area contributed by atoms with Crippen LogP contribution in [-0.4, -0.2) is 56.1 Å². The molecule has 0 saturated carbocycles. The van der Waals surface area contributed by atoms with Crippen LogP contribution in [0.5, 0.6) is 11.5 Å². The van der Waals surface area contributed by atoms with E-state index in [4.69, 9.17) is 9.47 Å². The maximum atomic E-state index is 13.4. The third kappa shape index (κ3) is 3.36. The molecule has 0 unspecified atom stereocenters. The lowest BCUT2D eigenvalue weighted by Crippen LogP contribution is -2.45. The standard InChI is InChI=1S/C23H25N3O4/c1-25-17-14-26(13-12-15-8-5-4-6-9-15)22(27)19(17)20(24-23(25)28)16-10-7-11-18(29-2)21(16)30-3/h4-11,20H,12-14H2,1-3H3,(H,24,28)/t20-/m1/s1. The average Bonchev–Trinajstić information content (AvgIpc) is 3.11. The molecule has 0 aromatic heterocycles. The lowest BCUT2D eigenvalue weighted by atomic mass is 9.94. The lowest BCUT2D eigenvalue weighted by molar-refractivity contribution is -0.125. The Morgan fingerprint density at radius 3 is 2.50 bits per heavy atom. The summed E-state index contributed by atoms with van der Waals surface area (Å²) in [6.45, 7) is 0.994. The van der Waals surface area contributed by atoms with E-state index in [1.54, 1.807) is 32.2 Å². The van der Waals surface area contributed by atoms with Crippen molar-refractivity contribution in [2.24, 2.45) is 0 Å². The molecule has 0 saturated heterocycles. The molecule has 2 heterocycles. The molecule has 0 bridgehead atoms. The zero-order valence-corrected chi connectivity index (χ0v) is 17.3. The zero-order valence-electron chi connectivity index (χ0n) is 17.3.